The molecule has 6 nitrogen and oxygen atoms in total. The van der Waals surface area contributed by atoms with E-state index in [9.17, 15) is 9.59 Å². The molecule has 0 saturated carbocycles. The van der Waals surface area contributed by atoms with E-state index >= 15 is 0 Å². The summed E-state index contributed by atoms with van der Waals surface area (Å²) in [5.74, 6) is 0.0908. The third-order valence-corrected chi connectivity index (χ3v) is 3.57. The molecule has 120 valence electrons. The standard InChI is InChI=1S/C16H23N3O3/c1-19(2)9-8-15(20)17-18-16(21)11-22-14-7-6-12-4-3-5-13(12)10-14/h6-7,10H,3-5,8-9,11H2,1-2H3,(H,17,20)(H,18,21). The average Bonchev–Trinajstić information content (AvgIpc) is 2.96. The molecule has 0 unspecified atom stereocenters. The molecule has 0 aliphatic heterocycles. The smallest absolute Gasteiger partial charge is 0.276 e. The molecule has 2 amide bonds. The molecular formula is C16H23N3O3. The number of hydrogen-bond donors (Lipinski definition) is 2. The van der Waals surface area contributed by atoms with Gasteiger partial charge in [-0.05, 0) is 56.6 Å². The number of hydrogen-bond acceptors (Lipinski definition) is 4. The van der Waals surface area contributed by atoms with Gasteiger partial charge in [-0.15, -0.1) is 0 Å². The van der Waals surface area contributed by atoms with E-state index in [0.717, 1.165) is 12.8 Å². The average molecular weight is 305 g/mol. The summed E-state index contributed by atoms with van der Waals surface area (Å²) in [6.07, 6.45) is 3.70. The maximum atomic E-state index is 11.6. The number of carbonyl (C=O) groups is 2. The van der Waals surface area contributed by atoms with E-state index in [0.29, 0.717) is 18.7 Å². The van der Waals surface area contributed by atoms with Gasteiger partial charge < -0.3 is 9.64 Å². The zero-order chi connectivity index (χ0) is 15.9. The summed E-state index contributed by atoms with van der Waals surface area (Å²) in [6, 6.07) is 5.93. The van der Waals surface area contributed by atoms with Crippen molar-refractivity contribution in [3.63, 3.8) is 0 Å². The van der Waals surface area contributed by atoms with Gasteiger partial charge in [0.2, 0.25) is 5.91 Å². The SMILES string of the molecule is CN(C)CCC(=O)NNC(=O)COc1ccc2c(c1)CCC2. The van der Waals surface area contributed by atoms with Crippen LogP contribution >= 0.6 is 0 Å². The van der Waals surface area contributed by atoms with Gasteiger partial charge in [0, 0.05) is 13.0 Å². The number of rotatable bonds is 6. The molecule has 1 aromatic carbocycles. The topological polar surface area (TPSA) is 70.7 Å². The van der Waals surface area contributed by atoms with Crippen LogP contribution in [0.25, 0.3) is 0 Å². The minimum atomic E-state index is -0.376. The maximum Gasteiger partial charge on any atom is 0.276 e. The minimum absolute atomic E-state index is 0.118. The number of hydrazine groups is 1. The largest absolute Gasteiger partial charge is 0.484 e. The Bertz CT molecular complexity index is 543. The van der Waals surface area contributed by atoms with Crippen LogP contribution in [0.3, 0.4) is 0 Å². The van der Waals surface area contributed by atoms with E-state index in [-0.39, 0.29) is 18.4 Å². The first kappa shape index (κ1) is 16.3. The highest BCUT2D eigenvalue weighted by Gasteiger charge is 2.12. The van der Waals surface area contributed by atoms with Crippen LogP contribution in [-0.2, 0) is 22.4 Å². The fourth-order valence-electron chi connectivity index (χ4n) is 2.35. The Morgan fingerprint density at radius 2 is 1.86 bits per heavy atom. The second kappa shape index (κ2) is 7.79. The Morgan fingerprint density at radius 3 is 2.64 bits per heavy atom. The van der Waals surface area contributed by atoms with Crippen molar-refractivity contribution >= 4 is 11.8 Å². The summed E-state index contributed by atoms with van der Waals surface area (Å²) in [7, 11) is 3.77. The molecule has 1 aliphatic carbocycles. The van der Waals surface area contributed by atoms with Gasteiger partial charge in [0.25, 0.3) is 5.91 Å². The molecule has 0 bridgehead atoms. The van der Waals surface area contributed by atoms with E-state index in [1.165, 1.54) is 17.5 Å². The van der Waals surface area contributed by atoms with E-state index in [4.69, 9.17) is 4.74 Å². The predicted molar refractivity (Wildman–Crippen MR) is 83.4 cm³/mol. The zero-order valence-electron chi connectivity index (χ0n) is 13.1. The van der Waals surface area contributed by atoms with Crippen LogP contribution in [0.4, 0.5) is 0 Å². The van der Waals surface area contributed by atoms with Crippen LogP contribution in [0.15, 0.2) is 18.2 Å². The molecular weight excluding hydrogens is 282 g/mol. The molecule has 0 fully saturated rings. The van der Waals surface area contributed by atoms with Gasteiger partial charge in [-0.2, -0.15) is 0 Å². The van der Waals surface area contributed by atoms with Gasteiger partial charge in [-0.3, -0.25) is 20.4 Å². The summed E-state index contributed by atoms with van der Waals surface area (Å²) in [4.78, 5) is 25.0. The number of ether oxygens (including phenoxy) is 1. The summed E-state index contributed by atoms with van der Waals surface area (Å²) < 4.78 is 5.45. The molecule has 6 heteroatoms. The first-order valence-corrected chi connectivity index (χ1v) is 7.51. The van der Waals surface area contributed by atoms with Crippen LogP contribution < -0.4 is 15.6 Å². The molecule has 2 N–H and O–H groups in total. The quantitative estimate of drug-likeness (QED) is 0.757. The van der Waals surface area contributed by atoms with Gasteiger partial charge in [-0.25, -0.2) is 0 Å². The van der Waals surface area contributed by atoms with Gasteiger partial charge in [0.05, 0.1) is 0 Å². The minimum Gasteiger partial charge on any atom is -0.484 e. The third kappa shape index (κ3) is 5.04. The molecule has 2 rings (SSSR count). The summed E-state index contributed by atoms with van der Waals surface area (Å²) >= 11 is 0. The number of aryl methyl sites for hydroxylation is 2. The lowest BCUT2D eigenvalue weighted by Gasteiger charge is -2.11. The van der Waals surface area contributed by atoms with Crippen molar-refractivity contribution in [1.29, 1.82) is 0 Å². The summed E-state index contributed by atoms with van der Waals surface area (Å²) in [6.45, 7) is 0.514. The van der Waals surface area contributed by atoms with Crippen LogP contribution in [0.1, 0.15) is 24.0 Å². The number of fused-ring (bicyclic) bond motifs is 1. The van der Waals surface area contributed by atoms with Crippen LogP contribution in [0, 0.1) is 0 Å². The van der Waals surface area contributed by atoms with Crippen LogP contribution in [-0.4, -0.2) is 44.0 Å². The van der Waals surface area contributed by atoms with Crippen molar-refractivity contribution in [2.45, 2.75) is 25.7 Å². The van der Waals surface area contributed by atoms with Gasteiger partial charge in [0.15, 0.2) is 6.61 Å². The number of amides is 2. The molecule has 1 aromatic rings. The van der Waals surface area contributed by atoms with Crippen molar-refractivity contribution in [2.75, 3.05) is 27.2 Å². The summed E-state index contributed by atoms with van der Waals surface area (Å²) in [5, 5.41) is 0. The number of nitrogens with zero attached hydrogens (tertiary/aromatic N) is 1. The Balaban J connectivity index is 1.68. The van der Waals surface area contributed by atoms with E-state index in [2.05, 4.69) is 16.9 Å². The second-order valence-corrected chi connectivity index (χ2v) is 5.72. The molecule has 22 heavy (non-hydrogen) atoms. The van der Waals surface area contributed by atoms with Crippen molar-refractivity contribution in [1.82, 2.24) is 15.8 Å². The van der Waals surface area contributed by atoms with Crippen molar-refractivity contribution in [2.24, 2.45) is 0 Å². The first-order valence-electron chi connectivity index (χ1n) is 7.51. The van der Waals surface area contributed by atoms with Crippen LogP contribution in [0.2, 0.25) is 0 Å². The lowest BCUT2D eigenvalue weighted by atomic mass is 10.1. The molecule has 0 radical (unpaired) electrons. The molecule has 0 atom stereocenters. The summed E-state index contributed by atoms with van der Waals surface area (Å²) in [5.41, 5.74) is 7.38. The zero-order valence-corrected chi connectivity index (χ0v) is 13.1. The predicted octanol–water partition coefficient (Wildman–Crippen LogP) is 0.653. The van der Waals surface area contributed by atoms with E-state index in [1.807, 2.05) is 31.1 Å². The fraction of sp³-hybridized carbons (Fsp3) is 0.500. The molecule has 0 saturated heterocycles. The third-order valence-electron chi connectivity index (χ3n) is 3.57. The lowest BCUT2D eigenvalue weighted by molar-refractivity contribution is -0.130. The van der Waals surface area contributed by atoms with Crippen molar-refractivity contribution in [3.8, 4) is 5.75 Å². The lowest BCUT2D eigenvalue weighted by Crippen LogP contribution is -2.44. The highest BCUT2D eigenvalue weighted by Crippen LogP contribution is 2.25. The van der Waals surface area contributed by atoms with Crippen molar-refractivity contribution in [3.05, 3.63) is 29.3 Å². The maximum absolute atomic E-state index is 11.6. The Hall–Kier alpha value is -2.08. The molecule has 1 aliphatic rings. The first-order chi connectivity index (χ1) is 10.5. The second-order valence-electron chi connectivity index (χ2n) is 5.72. The number of carbonyl (C=O) groups excluding carboxylic acids is 2. The highest BCUT2D eigenvalue weighted by molar-refractivity contribution is 5.82. The molecule has 0 spiro atoms. The van der Waals surface area contributed by atoms with Gasteiger partial charge >= 0.3 is 0 Å². The van der Waals surface area contributed by atoms with Gasteiger partial charge in [0.1, 0.15) is 5.75 Å². The Labute approximate surface area is 130 Å². The fourth-order valence-corrected chi connectivity index (χ4v) is 2.35. The normalized spacial score (nSPS) is 12.9. The van der Waals surface area contributed by atoms with Crippen LogP contribution in [0.5, 0.6) is 5.75 Å². The molecule has 0 aromatic heterocycles. The highest BCUT2D eigenvalue weighted by atomic mass is 16.5. The van der Waals surface area contributed by atoms with E-state index < -0.39 is 0 Å². The van der Waals surface area contributed by atoms with Gasteiger partial charge in [-0.1, -0.05) is 6.07 Å². The number of benzene rings is 1. The Kier molecular flexibility index (Phi) is 5.77. The van der Waals surface area contributed by atoms with E-state index in [1.54, 1.807) is 0 Å². The molecule has 0 heterocycles. The monoisotopic (exact) mass is 305 g/mol. The Morgan fingerprint density at radius 1 is 1.14 bits per heavy atom. The number of nitrogens with one attached hydrogen (secondary N) is 2. The van der Waals surface area contributed by atoms with Crippen molar-refractivity contribution < 1.29 is 14.3 Å².